The Morgan fingerprint density at radius 3 is 2.12 bits per heavy atom. The van der Waals surface area contributed by atoms with Gasteiger partial charge in [-0.05, 0) is 25.8 Å². The van der Waals surface area contributed by atoms with Crippen molar-refractivity contribution in [2.45, 2.75) is 45.6 Å². The van der Waals surface area contributed by atoms with E-state index in [-0.39, 0.29) is 11.5 Å². The smallest absolute Gasteiger partial charge is 0.225 e. The molecule has 0 bridgehead atoms. The zero-order valence-corrected chi connectivity index (χ0v) is 10.8. The molecule has 1 amide bonds. The highest BCUT2D eigenvalue weighted by Crippen LogP contribution is 2.40. The fourth-order valence-electron chi connectivity index (χ4n) is 3.00. The van der Waals surface area contributed by atoms with Gasteiger partial charge in [-0.15, -0.1) is 0 Å². The molecule has 0 atom stereocenters. The number of carbonyl (C=O) groups is 1. The number of carbonyl (C=O) groups excluding carboxylic acids is 1. The minimum atomic E-state index is 0.154. The predicted molar refractivity (Wildman–Crippen MR) is 65.2 cm³/mol. The van der Waals surface area contributed by atoms with Gasteiger partial charge in [0, 0.05) is 31.1 Å². The summed E-state index contributed by atoms with van der Waals surface area (Å²) in [5, 5.41) is 0. The lowest BCUT2D eigenvalue weighted by Gasteiger charge is -2.57. The minimum absolute atomic E-state index is 0.154. The molecule has 0 N–H and O–H groups in total. The molecule has 0 aromatic rings. The summed E-state index contributed by atoms with van der Waals surface area (Å²) in [5.41, 5.74) is 0.243. The number of hydrogen-bond acceptors (Lipinski definition) is 2. The standard InChI is InChI=1S/C13H24N2O/c1-4-14-8-5-13(6-9-14)7-10-15(13)12(16)11(2)3/h11H,4-10H2,1-3H3. The second kappa shape index (κ2) is 4.36. The van der Waals surface area contributed by atoms with Gasteiger partial charge in [0.15, 0.2) is 0 Å². The number of rotatable bonds is 2. The van der Waals surface area contributed by atoms with Gasteiger partial charge in [-0.25, -0.2) is 0 Å². The van der Waals surface area contributed by atoms with Crippen molar-refractivity contribution in [3.05, 3.63) is 0 Å². The molecule has 2 aliphatic heterocycles. The molecule has 2 rings (SSSR count). The summed E-state index contributed by atoms with van der Waals surface area (Å²) in [6.07, 6.45) is 3.58. The highest BCUT2D eigenvalue weighted by molar-refractivity contribution is 5.80. The summed E-state index contributed by atoms with van der Waals surface area (Å²) in [6.45, 7) is 10.7. The van der Waals surface area contributed by atoms with Crippen molar-refractivity contribution in [3.8, 4) is 0 Å². The van der Waals surface area contributed by atoms with Crippen LogP contribution in [0, 0.1) is 5.92 Å². The van der Waals surface area contributed by atoms with Gasteiger partial charge in [-0.3, -0.25) is 4.79 Å². The van der Waals surface area contributed by atoms with Crippen molar-refractivity contribution in [3.63, 3.8) is 0 Å². The van der Waals surface area contributed by atoms with Gasteiger partial charge in [0.25, 0.3) is 0 Å². The molecular formula is C13H24N2O. The Hall–Kier alpha value is -0.570. The van der Waals surface area contributed by atoms with Crippen LogP contribution in [0.5, 0.6) is 0 Å². The largest absolute Gasteiger partial charge is 0.337 e. The molecule has 2 fully saturated rings. The van der Waals surface area contributed by atoms with Crippen LogP contribution in [-0.4, -0.2) is 47.4 Å². The maximum atomic E-state index is 12.1. The molecule has 92 valence electrons. The highest BCUT2D eigenvalue weighted by atomic mass is 16.2. The Morgan fingerprint density at radius 1 is 1.19 bits per heavy atom. The number of nitrogens with zero attached hydrogens (tertiary/aromatic N) is 2. The van der Waals surface area contributed by atoms with Gasteiger partial charge < -0.3 is 9.80 Å². The molecule has 0 radical (unpaired) electrons. The summed E-state index contributed by atoms with van der Waals surface area (Å²) < 4.78 is 0. The van der Waals surface area contributed by atoms with E-state index in [4.69, 9.17) is 0 Å². The maximum absolute atomic E-state index is 12.1. The van der Waals surface area contributed by atoms with Crippen molar-refractivity contribution in [1.29, 1.82) is 0 Å². The zero-order chi connectivity index (χ0) is 11.8. The first kappa shape index (κ1) is 11.9. The van der Waals surface area contributed by atoms with Crippen LogP contribution in [0.1, 0.15) is 40.0 Å². The zero-order valence-electron chi connectivity index (χ0n) is 10.8. The van der Waals surface area contributed by atoms with E-state index in [1.165, 1.54) is 32.4 Å². The van der Waals surface area contributed by atoms with Gasteiger partial charge >= 0.3 is 0 Å². The van der Waals surface area contributed by atoms with E-state index >= 15 is 0 Å². The topological polar surface area (TPSA) is 23.6 Å². The van der Waals surface area contributed by atoms with Crippen LogP contribution >= 0.6 is 0 Å². The monoisotopic (exact) mass is 224 g/mol. The van der Waals surface area contributed by atoms with Crippen LogP contribution in [0.25, 0.3) is 0 Å². The van der Waals surface area contributed by atoms with Crippen LogP contribution in [0.4, 0.5) is 0 Å². The third kappa shape index (κ3) is 1.86. The molecule has 0 aromatic carbocycles. The van der Waals surface area contributed by atoms with Gasteiger partial charge in [0.1, 0.15) is 0 Å². The number of amides is 1. The molecule has 2 aliphatic rings. The minimum Gasteiger partial charge on any atom is -0.337 e. The third-order valence-electron chi connectivity index (χ3n) is 4.37. The predicted octanol–water partition coefficient (Wildman–Crippen LogP) is 1.73. The number of piperidine rings is 1. The molecule has 16 heavy (non-hydrogen) atoms. The summed E-state index contributed by atoms with van der Waals surface area (Å²) in [6, 6.07) is 0. The lowest BCUT2D eigenvalue weighted by atomic mass is 9.75. The van der Waals surface area contributed by atoms with Crippen molar-refractivity contribution in [2.24, 2.45) is 5.92 Å². The van der Waals surface area contributed by atoms with Crippen molar-refractivity contribution in [2.75, 3.05) is 26.2 Å². The lowest BCUT2D eigenvalue weighted by molar-refractivity contribution is -0.155. The second-order valence-corrected chi connectivity index (χ2v) is 5.55. The molecule has 2 saturated heterocycles. The first-order valence-corrected chi connectivity index (χ1v) is 6.63. The maximum Gasteiger partial charge on any atom is 0.225 e. The number of likely N-dealkylation sites (tertiary alicyclic amines) is 2. The van der Waals surface area contributed by atoms with E-state index in [2.05, 4.69) is 16.7 Å². The molecule has 1 spiro atoms. The quantitative estimate of drug-likeness (QED) is 0.713. The SMILES string of the molecule is CCN1CCC2(CC1)CCN2C(=O)C(C)C. The fraction of sp³-hybridized carbons (Fsp3) is 0.923. The van der Waals surface area contributed by atoms with E-state index in [1.54, 1.807) is 0 Å². The average Bonchev–Trinajstić information content (AvgIpc) is 2.27. The molecule has 0 saturated carbocycles. The normalized spacial score (nSPS) is 24.9. The van der Waals surface area contributed by atoms with E-state index in [0.717, 1.165) is 13.1 Å². The van der Waals surface area contributed by atoms with Gasteiger partial charge in [-0.2, -0.15) is 0 Å². The Labute approximate surface area is 98.8 Å². The Kier molecular flexibility index (Phi) is 3.24. The summed E-state index contributed by atoms with van der Waals surface area (Å²) >= 11 is 0. The van der Waals surface area contributed by atoms with Crippen molar-refractivity contribution in [1.82, 2.24) is 9.80 Å². The summed E-state index contributed by atoms with van der Waals surface area (Å²) in [7, 11) is 0. The van der Waals surface area contributed by atoms with Crippen LogP contribution in [-0.2, 0) is 4.79 Å². The molecule has 2 heterocycles. The molecule has 0 unspecified atom stereocenters. The second-order valence-electron chi connectivity index (χ2n) is 5.55. The Balaban J connectivity index is 1.97. The first-order valence-electron chi connectivity index (χ1n) is 6.63. The van der Waals surface area contributed by atoms with Crippen LogP contribution in [0.15, 0.2) is 0 Å². The molecule has 3 heteroatoms. The van der Waals surface area contributed by atoms with E-state index in [0.29, 0.717) is 5.91 Å². The third-order valence-corrected chi connectivity index (χ3v) is 4.37. The molecular weight excluding hydrogens is 200 g/mol. The molecule has 0 aliphatic carbocycles. The van der Waals surface area contributed by atoms with Gasteiger partial charge in [0.2, 0.25) is 5.91 Å². The summed E-state index contributed by atoms with van der Waals surface area (Å²) in [5.74, 6) is 0.512. The Morgan fingerprint density at radius 2 is 1.75 bits per heavy atom. The number of hydrogen-bond donors (Lipinski definition) is 0. The molecule has 0 aromatic heterocycles. The van der Waals surface area contributed by atoms with Crippen LogP contribution in [0.2, 0.25) is 0 Å². The van der Waals surface area contributed by atoms with E-state index in [9.17, 15) is 4.79 Å². The van der Waals surface area contributed by atoms with Gasteiger partial charge in [0.05, 0.1) is 0 Å². The van der Waals surface area contributed by atoms with Crippen molar-refractivity contribution < 1.29 is 4.79 Å². The highest BCUT2D eigenvalue weighted by Gasteiger charge is 2.48. The van der Waals surface area contributed by atoms with E-state index < -0.39 is 0 Å². The van der Waals surface area contributed by atoms with E-state index in [1.807, 2.05) is 13.8 Å². The first-order chi connectivity index (χ1) is 7.59. The molecule has 3 nitrogen and oxygen atoms in total. The Bertz CT molecular complexity index is 267. The van der Waals surface area contributed by atoms with Crippen LogP contribution in [0.3, 0.4) is 0 Å². The van der Waals surface area contributed by atoms with Crippen LogP contribution < -0.4 is 0 Å². The van der Waals surface area contributed by atoms with Crippen molar-refractivity contribution >= 4 is 5.91 Å². The average molecular weight is 224 g/mol. The fourth-order valence-corrected chi connectivity index (χ4v) is 3.00. The van der Waals surface area contributed by atoms with Gasteiger partial charge in [-0.1, -0.05) is 20.8 Å². The summed E-state index contributed by atoms with van der Waals surface area (Å²) in [4.78, 5) is 16.7. The lowest BCUT2D eigenvalue weighted by Crippen LogP contribution is -2.66.